The highest BCUT2D eigenvalue weighted by molar-refractivity contribution is 5.04. The average molecular weight is 251 g/mol. The lowest BCUT2D eigenvalue weighted by molar-refractivity contribution is 0.244. The molecular formula is C14H25N3O. The maximum Gasteiger partial charge on any atom is 0.228 e. The first-order chi connectivity index (χ1) is 8.50. The van der Waals surface area contributed by atoms with E-state index < -0.39 is 0 Å². The maximum absolute atomic E-state index is 5.37. The van der Waals surface area contributed by atoms with Crippen molar-refractivity contribution >= 4 is 0 Å². The number of nitrogens with one attached hydrogen (secondary N) is 1. The summed E-state index contributed by atoms with van der Waals surface area (Å²) in [4.78, 5) is 4.52. The van der Waals surface area contributed by atoms with Crippen molar-refractivity contribution in [1.82, 2.24) is 15.5 Å². The molecule has 1 aliphatic carbocycles. The molecule has 1 aromatic heterocycles. The Balaban J connectivity index is 1.97. The predicted octanol–water partition coefficient (Wildman–Crippen LogP) is 2.90. The van der Waals surface area contributed by atoms with E-state index in [2.05, 4.69) is 43.2 Å². The van der Waals surface area contributed by atoms with Gasteiger partial charge in [-0.15, -0.1) is 0 Å². The Kier molecular flexibility index (Phi) is 4.05. The second kappa shape index (κ2) is 5.39. The van der Waals surface area contributed by atoms with Crippen LogP contribution >= 0.6 is 0 Å². The van der Waals surface area contributed by atoms with Crippen LogP contribution < -0.4 is 5.32 Å². The lowest BCUT2D eigenvalue weighted by Gasteiger charge is -2.30. The van der Waals surface area contributed by atoms with Crippen LogP contribution in [-0.4, -0.2) is 22.7 Å². The number of aromatic nitrogens is 2. The molecule has 4 heteroatoms. The second-order valence-corrected chi connectivity index (χ2v) is 6.40. The van der Waals surface area contributed by atoms with Crippen molar-refractivity contribution in [1.29, 1.82) is 0 Å². The summed E-state index contributed by atoms with van der Waals surface area (Å²) in [5.74, 6) is 2.26. The number of hydrogen-bond donors (Lipinski definition) is 1. The summed E-state index contributed by atoms with van der Waals surface area (Å²) in [6.45, 7) is 9.96. The Labute approximate surface area is 110 Å². The van der Waals surface area contributed by atoms with E-state index in [0.29, 0.717) is 12.0 Å². The molecule has 2 rings (SSSR count). The Bertz CT molecular complexity index is 377. The standard InChI is InChI=1S/C14H25N3O/c1-5-8-15-11(14(2,3)4)9-12-16-13(17-18-12)10-6-7-10/h10-11,15H,5-9H2,1-4H3. The zero-order valence-corrected chi connectivity index (χ0v) is 12.0. The van der Waals surface area contributed by atoms with Crippen molar-refractivity contribution in [2.75, 3.05) is 6.54 Å². The molecule has 0 radical (unpaired) electrons. The fourth-order valence-electron chi connectivity index (χ4n) is 2.04. The summed E-state index contributed by atoms with van der Waals surface area (Å²) in [6, 6.07) is 0.380. The first-order valence-corrected chi connectivity index (χ1v) is 7.06. The largest absolute Gasteiger partial charge is 0.339 e. The zero-order valence-electron chi connectivity index (χ0n) is 12.0. The summed E-state index contributed by atoms with van der Waals surface area (Å²) >= 11 is 0. The molecule has 0 amide bonds. The van der Waals surface area contributed by atoms with Gasteiger partial charge in [0.2, 0.25) is 5.89 Å². The SMILES string of the molecule is CCCNC(Cc1nc(C2CC2)no1)C(C)(C)C. The topological polar surface area (TPSA) is 51.0 Å². The summed E-state index contributed by atoms with van der Waals surface area (Å²) in [6.07, 6.45) is 4.40. The highest BCUT2D eigenvalue weighted by Gasteiger charge is 2.30. The molecule has 1 N–H and O–H groups in total. The van der Waals surface area contributed by atoms with E-state index in [4.69, 9.17) is 4.52 Å². The van der Waals surface area contributed by atoms with Crippen molar-refractivity contribution in [3.63, 3.8) is 0 Å². The van der Waals surface area contributed by atoms with Crippen molar-refractivity contribution in [2.24, 2.45) is 5.41 Å². The first-order valence-electron chi connectivity index (χ1n) is 7.06. The van der Waals surface area contributed by atoms with Gasteiger partial charge in [0.1, 0.15) is 0 Å². The lowest BCUT2D eigenvalue weighted by atomic mass is 9.84. The molecule has 1 atom stereocenters. The Hall–Kier alpha value is -0.900. The lowest BCUT2D eigenvalue weighted by Crippen LogP contribution is -2.42. The van der Waals surface area contributed by atoms with E-state index in [1.54, 1.807) is 0 Å². The van der Waals surface area contributed by atoms with E-state index >= 15 is 0 Å². The monoisotopic (exact) mass is 251 g/mol. The molecule has 0 saturated heterocycles. The molecule has 4 nitrogen and oxygen atoms in total. The molecule has 1 heterocycles. The Morgan fingerprint density at radius 3 is 2.67 bits per heavy atom. The normalized spacial score (nSPS) is 18.0. The van der Waals surface area contributed by atoms with Crippen LogP contribution in [0.3, 0.4) is 0 Å². The van der Waals surface area contributed by atoms with E-state index in [0.717, 1.165) is 31.1 Å². The van der Waals surface area contributed by atoms with Gasteiger partial charge in [-0.3, -0.25) is 0 Å². The van der Waals surface area contributed by atoms with E-state index in [-0.39, 0.29) is 5.41 Å². The molecule has 1 aromatic rings. The highest BCUT2D eigenvalue weighted by Crippen LogP contribution is 2.38. The minimum Gasteiger partial charge on any atom is -0.339 e. The molecule has 102 valence electrons. The van der Waals surface area contributed by atoms with Gasteiger partial charge < -0.3 is 9.84 Å². The third kappa shape index (κ3) is 3.55. The van der Waals surface area contributed by atoms with Gasteiger partial charge in [0.15, 0.2) is 5.82 Å². The van der Waals surface area contributed by atoms with E-state index in [1.165, 1.54) is 12.8 Å². The smallest absolute Gasteiger partial charge is 0.228 e. The Morgan fingerprint density at radius 1 is 1.39 bits per heavy atom. The van der Waals surface area contributed by atoms with Crippen LogP contribution in [0.2, 0.25) is 0 Å². The third-order valence-electron chi connectivity index (χ3n) is 3.49. The summed E-state index contributed by atoms with van der Waals surface area (Å²) < 4.78 is 5.37. The van der Waals surface area contributed by atoms with Gasteiger partial charge in [0, 0.05) is 18.4 Å². The van der Waals surface area contributed by atoms with Crippen LogP contribution in [-0.2, 0) is 6.42 Å². The van der Waals surface area contributed by atoms with Crippen molar-refractivity contribution in [2.45, 2.75) is 65.3 Å². The van der Waals surface area contributed by atoms with Crippen LogP contribution in [0.5, 0.6) is 0 Å². The van der Waals surface area contributed by atoms with Crippen LogP contribution in [0, 0.1) is 5.41 Å². The minimum atomic E-state index is 0.198. The van der Waals surface area contributed by atoms with Crippen LogP contribution in [0.25, 0.3) is 0 Å². The van der Waals surface area contributed by atoms with Gasteiger partial charge in [-0.1, -0.05) is 32.9 Å². The molecule has 1 aliphatic rings. The molecular weight excluding hydrogens is 226 g/mol. The van der Waals surface area contributed by atoms with Crippen molar-refractivity contribution < 1.29 is 4.52 Å². The minimum absolute atomic E-state index is 0.198. The maximum atomic E-state index is 5.37. The van der Waals surface area contributed by atoms with Crippen LogP contribution in [0.15, 0.2) is 4.52 Å². The quantitative estimate of drug-likeness (QED) is 0.844. The van der Waals surface area contributed by atoms with E-state index in [1.807, 2.05) is 0 Å². The van der Waals surface area contributed by atoms with Gasteiger partial charge in [-0.25, -0.2) is 0 Å². The highest BCUT2D eigenvalue weighted by atomic mass is 16.5. The average Bonchev–Trinajstić information content (AvgIpc) is 3.04. The molecule has 0 spiro atoms. The van der Waals surface area contributed by atoms with Gasteiger partial charge in [0.25, 0.3) is 0 Å². The fraction of sp³-hybridized carbons (Fsp3) is 0.857. The number of nitrogens with zero attached hydrogens (tertiary/aromatic N) is 2. The summed E-state index contributed by atoms with van der Waals surface area (Å²) in [5, 5.41) is 7.66. The van der Waals surface area contributed by atoms with Gasteiger partial charge in [-0.2, -0.15) is 4.98 Å². The third-order valence-corrected chi connectivity index (χ3v) is 3.49. The molecule has 0 bridgehead atoms. The van der Waals surface area contributed by atoms with Gasteiger partial charge in [-0.05, 0) is 31.2 Å². The molecule has 1 saturated carbocycles. The summed E-state index contributed by atoms with van der Waals surface area (Å²) in [5.41, 5.74) is 0.198. The molecule has 0 aliphatic heterocycles. The predicted molar refractivity (Wildman–Crippen MR) is 71.5 cm³/mol. The molecule has 18 heavy (non-hydrogen) atoms. The molecule has 1 unspecified atom stereocenters. The first kappa shape index (κ1) is 13.5. The number of rotatable bonds is 6. The van der Waals surface area contributed by atoms with Crippen LogP contribution in [0.4, 0.5) is 0 Å². The Morgan fingerprint density at radius 2 is 2.11 bits per heavy atom. The van der Waals surface area contributed by atoms with Gasteiger partial charge in [0.05, 0.1) is 0 Å². The van der Waals surface area contributed by atoms with Gasteiger partial charge >= 0.3 is 0 Å². The second-order valence-electron chi connectivity index (χ2n) is 6.40. The summed E-state index contributed by atoms with van der Waals surface area (Å²) in [7, 11) is 0. The zero-order chi connectivity index (χ0) is 13.2. The van der Waals surface area contributed by atoms with Crippen LogP contribution in [0.1, 0.15) is 64.6 Å². The van der Waals surface area contributed by atoms with Crippen molar-refractivity contribution in [3.8, 4) is 0 Å². The number of hydrogen-bond acceptors (Lipinski definition) is 4. The van der Waals surface area contributed by atoms with Crippen molar-refractivity contribution in [3.05, 3.63) is 11.7 Å². The van der Waals surface area contributed by atoms with E-state index in [9.17, 15) is 0 Å². The molecule has 0 aromatic carbocycles. The molecule has 1 fully saturated rings. The fourth-order valence-corrected chi connectivity index (χ4v) is 2.04.